The maximum Gasteiger partial charge on any atom is 0.329 e. The number of carbonyl (C=O) groups is 2. The van der Waals surface area contributed by atoms with Crippen LogP contribution in [0.25, 0.3) is 0 Å². The first-order valence-electron chi connectivity index (χ1n) is 5.53. The van der Waals surface area contributed by atoms with Crippen molar-refractivity contribution in [3.63, 3.8) is 0 Å². The number of fused-ring (bicyclic) bond motifs is 2. The number of carbonyl (C=O) groups excluding carboxylic acids is 2. The number of hydrogen-bond donors (Lipinski definition) is 0. The fourth-order valence-corrected chi connectivity index (χ4v) is 2.76. The van der Waals surface area contributed by atoms with E-state index in [1.54, 1.807) is 12.1 Å². The van der Waals surface area contributed by atoms with Gasteiger partial charge in [-0.05, 0) is 18.2 Å². The third-order valence-electron chi connectivity index (χ3n) is 3.24. The van der Waals surface area contributed by atoms with Crippen LogP contribution in [0.1, 0.15) is 16.8 Å². The number of benzene rings is 1. The molecule has 2 atom stereocenters. The molecule has 0 radical (unpaired) electrons. The van der Waals surface area contributed by atoms with Crippen molar-refractivity contribution in [2.45, 2.75) is 18.6 Å². The SMILES string of the molecule is O=C1O[C@H]2C[C@@H]1N(C(=O)c1cc(Cl)ccc1Cl)C2. The maximum atomic E-state index is 12.3. The van der Waals surface area contributed by atoms with Gasteiger partial charge in [-0.1, -0.05) is 23.2 Å². The number of morpholine rings is 1. The Morgan fingerprint density at radius 3 is 2.83 bits per heavy atom. The van der Waals surface area contributed by atoms with Crippen LogP contribution in [-0.4, -0.2) is 35.5 Å². The highest BCUT2D eigenvalue weighted by Gasteiger charge is 2.48. The summed E-state index contributed by atoms with van der Waals surface area (Å²) < 4.78 is 5.04. The van der Waals surface area contributed by atoms with Crippen molar-refractivity contribution >= 4 is 35.1 Å². The summed E-state index contributed by atoms with van der Waals surface area (Å²) in [6.07, 6.45) is 0.396. The lowest BCUT2D eigenvalue weighted by atomic mass is 10.1. The van der Waals surface area contributed by atoms with Gasteiger partial charge in [0.2, 0.25) is 0 Å². The average molecular weight is 286 g/mol. The van der Waals surface area contributed by atoms with Gasteiger partial charge in [0.05, 0.1) is 17.1 Å². The number of nitrogens with zero attached hydrogens (tertiary/aromatic N) is 1. The van der Waals surface area contributed by atoms with Gasteiger partial charge in [-0.3, -0.25) is 4.79 Å². The van der Waals surface area contributed by atoms with Crippen LogP contribution in [0.4, 0.5) is 0 Å². The predicted octanol–water partition coefficient (Wildman–Crippen LogP) is 2.13. The van der Waals surface area contributed by atoms with Gasteiger partial charge in [0.15, 0.2) is 0 Å². The molecule has 0 aromatic heterocycles. The van der Waals surface area contributed by atoms with Crippen LogP contribution in [0.3, 0.4) is 0 Å². The summed E-state index contributed by atoms with van der Waals surface area (Å²) in [4.78, 5) is 25.3. The zero-order chi connectivity index (χ0) is 12.9. The van der Waals surface area contributed by atoms with Crippen molar-refractivity contribution in [3.05, 3.63) is 33.8 Å². The quantitative estimate of drug-likeness (QED) is 0.743. The Bertz CT molecular complexity index is 546. The molecule has 2 aliphatic rings. The van der Waals surface area contributed by atoms with Gasteiger partial charge >= 0.3 is 5.97 Å². The van der Waals surface area contributed by atoms with E-state index in [4.69, 9.17) is 27.9 Å². The standard InChI is InChI=1S/C12H9Cl2NO3/c13-6-1-2-9(14)8(3-6)11(16)15-5-7-4-10(15)12(17)18-7/h1-3,7,10H,4-5H2/t7-,10-/m0/s1. The largest absolute Gasteiger partial charge is 0.459 e. The number of rotatable bonds is 1. The van der Waals surface area contributed by atoms with Crippen LogP contribution in [0.2, 0.25) is 10.0 Å². The van der Waals surface area contributed by atoms with E-state index in [9.17, 15) is 9.59 Å². The Balaban J connectivity index is 1.91. The summed E-state index contributed by atoms with van der Waals surface area (Å²) in [6, 6.07) is 4.23. The lowest BCUT2D eigenvalue weighted by molar-refractivity contribution is -0.149. The number of likely N-dealkylation sites (tertiary alicyclic amines) is 1. The third kappa shape index (κ3) is 1.76. The van der Waals surface area contributed by atoms with Crippen molar-refractivity contribution in [2.24, 2.45) is 0 Å². The van der Waals surface area contributed by atoms with Crippen LogP contribution < -0.4 is 0 Å². The monoisotopic (exact) mass is 285 g/mol. The highest BCUT2D eigenvalue weighted by atomic mass is 35.5. The molecule has 2 aliphatic heterocycles. The molecule has 0 unspecified atom stereocenters. The van der Waals surface area contributed by atoms with Gasteiger partial charge in [-0.25, -0.2) is 4.79 Å². The molecule has 2 bridgehead atoms. The third-order valence-corrected chi connectivity index (χ3v) is 3.80. The van der Waals surface area contributed by atoms with Crippen LogP contribution in [0.5, 0.6) is 0 Å². The van der Waals surface area contributed by atoms with E-state index in [-0.39, 0.29) is 18.0 Å². The van der Waals surface area contributed by atoms with E-state index < -0.39 is 6.04 Å². The Labute approximate surface area is 113 Å². The van der Waals surface area contributed by atoms with E-state index in [1.165, 1.54) is 11.0 Å². The normalized spacial score (nSPS) is 25.4. The summed E-state index contributed by atoms with van der Waals surface area (Å²) in [6.45, 7) is 0.429. The van der Waals surface area contributed by atoms with Gasteiger partial charge in [0.25, 0.3) is 5.91 Å². The number of ether oxygens (including phenoxy) is 1. The van der Waals surface area contributed by atoms with Gasteiger partial charge in [-0.15, -0.1) is 0 Å². The molecular weight excluding hydrogens is 277 g/mol. The second-order valence-corrected chi connectivity index (χ2v) is 5.24. The molecular formula is C12H9Cl2NO3. The molecule has 0 spiro atoms. The van der Waals surface area contributed by atoms with Crippen LogP contribution in [-0.2, 0) is 9.53 Å². The highest BCUT2D eigenvalue weighted by molar-refractivity contribution is 6.35. The fraction of sp³-hybridized carbons (Fsp3) is 0.333. The molecule has 0 saturated carbocycles. The highest BCUT2D eigenvalue weighted by Crippen LogP contribution is 2.32. The molecule has 2 fully saturated rings. The van der Waals surface area contributed by atoms with E-state index in [2.05, 4.69) is 0 Å². The van der Waals surface area contributed by atoms with Crippen molar-refractivity contribution in [1.82, 2.24) is 4.90 Å². The van der Waals surface area contributed by atoms with Gasteiger partial charge in [-0.2, -0.15) is 0 Å². The van der Waals surface area contributed by atoms with E-state index in [0.29, 0.717) is 28.6 Å². The van der Waals surface area contributed by atoms with E-state index in [1.807, 2.05) is 0 Å². The van der Waals surface area contributed by atoms with E-state index >= 15 is 0 Å². The fourth-order valence-electron chi connectivity index (χ4n) is 2.39. The van der Waals surface area contributed by atoms with Crippen LogP contribution in [0, 0.1) is 0 Å². The van der Waals surface area contributed by atoms with Crippen molar-refractivity contribution in [2.75, 3.05) is 6.54 Å². The average Bonchev–Trinajstić information content (AvgIpc) is 2.90. The number of halogens is 2. The van der Waals surface area contributed by atoms with Crippen LogP contribution in [0.15, 0.2) is 18.2 Å². The number of esters is 1. The molecule has 94 valence electrons. The summed E-state index contributed by atoms with van der Waals surface area (Å²) >= 11 is 11.8. The molecule has 0 aliphatic carbocycles. The van der Waals surface area contributed by atoms with E-state index in [0.717, 1.165) is 0 Å². The predicted molar refractivity (Wildman–Crippen MR) is 65.8 cm³/mol. The van der Waals surface area contributed by atoms with Gasteiger partial charge < -0.3 is 9.64 Å². The number of amides is 1. The molecule has 4 nitrogen and oxygen atoms in total. The Hall–Kier alpha value is -1.26. The Morgan fingerprint density at radius 2 is 2.17 bits per heavy atom. The van der Waals surface area contributed by atoms with Gasteiger partial charge in [0.1, 0.15) is 12.1 Å². The molecule has 2 saturated heterocycles. The van der Waals surface area contributed by atoms with Crippen molar-refractivity contribution < 1.29 is 14.3 Å². The second-order valence-electron chi connectivity index (χ2n) is 4.39. The lowest BCUT2D eigenvalue weighted by Crippen LogP contribution is -2.44. The minimum atomic E-state index is -0.474. The topological polar surface area (TPSA) is 46.6 Å². The maximum absolute atomic E-state index is 12.3. The minimum Gasteiger partial charge on any atom is -0.459 e. The molecule has 2 heterocycles. The second kappa shape index (κ2) is 4.14. The Morgan fingerprint density at radius 1 is 1.39 bits per heavy atom. The zero-order valence-electron chi connectivity index (χ0n) is 9.23. The van der Waals surface area contributed by atoms with Crippen molar-refractivity contribution in [3.8, 4) is 0 Å². The lowest BCUT2D eigenvalue weighted by Gasteiger charge is -2.26. The molecule has 6 heteroatoms. The Kier molecular flexibility index (Phi) is 2.72. The summed E-state index contributed by atoms with van der Waals surface area (Å²) in [5.41, 5.74) is 0.324. The molecule has 1 amide bonds. The smallest absolute Gasteiger partial charge is 0.329 e. The van der Waals surface area contributed by atoms with Crippen LogP contribution >= 0.6 is 23.2 Å². The molecule has 1 aromatic carbocycles. The summed E-state index contributed by atoms with van der Waals surface area (Å²) in [5, 5.41) is 0.773. The molecule has 1 aromatic rings. The molecule has 18 heavy (non-hydrogen) atoms. The first-order chi connectivity index (χ1) is 8.56. The van der Waals surface area contributed by atoms with Gasteiger partial charge in [0, 0.05) is 11.4 Å². The summed E-state index contributed by atoms with van der Waals surface area (Å²) in [5.74, 6) is -0.607. The molecule has 0 N–H and O–H groups in total. The molecule has 3 rings (SSSR count). The zero-order valence-corrected chi connectivity index (χ0v) is 10.7. The number of hydrogen-bond acceptors (Lipinski definition) is 3. The summed E-state index contributed by atoms with van der Waals surface area (Å²) in [7, 11) is 0. The minimum absolute atomic E-state index is 0.176. The first-order valence-corrected chi connectivity index (χ1v) is 6.28. The first kappa shape index (κ1) is 11.8. The van der Waals surface area contributed by atoms with Crippen molar-refractivity contribution in [1.29, 1.82) is 0 Å².